The lowest BCUT2D eigenvalue weighted by Gasteiger charge is -2.05. The van der Waals surface area contributed by atoms with Crippen LogP contribution in [0.15, 0.2) is 5.38 Å². The van der Waals surface area contributed by atoms with Gasteiger partial charge >= 0.3 is 0 Å². The number of aliphatic hydroxyl groups excluding tert-OH is 1. The van der Waals surface area contributed by atoms with Gasteiger partial charge in [0, 0.05) is 10.8 Å². The van der Waals surface area contributed by atoms with Crippen molar-refractivity contribution in [2.45, 2.75) is 25.2 Å². The second-order valence-corrected chi connectivity index (χ2v) is 4.25. The van der Waals surface area contributed by atoms with Crippen LogP contribution in [-0.2, 0) is 5.41 Å². The average molecular weight is 169 g/mol. The van der Waals surface area contributed by atoms with Gasteiger partial charge in [-0.3, -0.25) is 0 Å². The maximum Gasteiger partial charge on any atom is 0.0897 e. The van der Waals surface area contributed by atoms with Crippen LogP contribution in [-0.4, -0.2) is 16.7 Å². The van der Waals surface area contributed by atoms with E-state index in [0.29, 0.717) is 0 Å². The molecule has 60 valence electrons. The van der Waals surface area contributed by atoms with Crippen molar-refractivity contribution in [2.24, 2.45) is 0 Å². The quantitative estimate of drug-likeness (QED) is 0.727. The van der Waals surface area contributed by atoms with E-state index in [-0.39, 0.29) is 12.0 Å². The van der Waals surface area contributed by atoms with Crippen LogP contribution in [0.25, 0.3) is 0 Å². The van der Waals surface area contributed by atoms with Gasteiger partial charge < -0.3 is 5.11 Å². The van der Waals surface area contributed by atoms with E-state index < -0.39 is 0 Å². The van der Waals surface area contributed by atoms with E-state index >= 15 is 0 Å². The first-order valence-electron chi connectivity index (χ1n) is 3.80. The molecule has 11 heavy (non-hydrogen) atoms. The smallest absolute Gasteiger partial charge is 0.0897 e. The minimum atomic E-state index is 0.0603. The Kier molecular flexibility index (Phi) is 1.51. The number of hydrogen-bond donors (Lipinski definition) is 1. The third-order valence-corrected chi connectivity index (χ3v) is 3.09. The Morgan fingerprint density at radius 3 is 2.82 bits per heavy atom. The maximum atomic E-state index is 9.08. The van der Waals surface area contributed by atoms with Crippen LogP contribution in [0.4, 0.5) is 0 Å². The van der Waals surface area contributed by atoms with Crippen LogP contribution in [0, 0.1) is 6.92 Å². The first kappa shape index (κ1) is 7.25. The summed E-state index contributed by atoms with van der Waals surface area (Å²) < 4.78 is 0. The molecule has 0 radical (unpaired) electrons. The van der Waals surface area contributed by atoms with E-state index in [2.05, 4.69) is 10.4 Å². The fourth-order valence-electron chi connectivity index (χ4n) is 1.25. The third kappa shape index (κ3) is 1.08. The maximum absolute atomic E-state index is 9.08. The normalized spacial score (nSPS) is 20.2. The zero-order chi connectivity index (χ0) is 7.90. The molecule has 1 aromatic heterocycles. The van der Waals surface area contributed by atoms with Gasteiger partial charge in [0.05, 0.1) is 17.3 Å². The Balaban J connectivity index is 2.29. The topological polar surface area (TPSA) is 33.1 Å². The predicted molar refractivity (Wildman–Crippen MR) is 44.8 cm³/mol. The van der Waals surface area contributed by atoms with Crippen molar-refractivity contribution in [1.29, 1.82) is 0 Å². The highest BCUT2D eigenvalue weighted by Gasteiger charge is 2.45. The lowest BCUT2D eigenvalue weighted by molar-refractivity contribution is 0.253. The Hall–Kier alpha value is -0.410. The second-order valence-electron chi connectivity index (χ2n) is 3.19. The number of nitrogens with zero attached hydrogens (tertiary/aromatic N) is 1. The van der Waals surface area contributed by atoms with E-state index in [1.165, 1.54) is 0 Å². The Morgan fingerprint density at radius 1 is 1.73 bits per heavy atom. The molecule has 1 aliphatic carbocycles. The van der Waals surface area contributed by atoms with Crippen LogP contribution in [0.5, 0.6) is 0 Å². The minimum absolute atomic E-state index is 0.0603. The average Bonchev–Trinajstić information content (AvgIpc) is 2.70. The molecule has 1 heterocycles. The number of aryl methyl sites for hydroxylation is 1. The lowest BCUT2D eigenvalue weighted by atomic mass is 10.1. The molecule has 1 aromatic rings. The van der Waals surface area contributed by atoms with Gasteiger partial charge in [-0.05, 0) is 19.8 Å². The number of thiazole rings is 1. The molecule has 0 aromatic carbocycles. The molecule has 2 nitrogen and oxygen atoms in total. The number of aromatic nitrogens is 1. The number of rotatable bonds is 2. The fraction of sp³-hybridized carbons (Fsp3) is 0.625. The van der Waals surface area contributed by atoms with Gasteiger partial charge in [0.2, 0.25) is 0 Å². The molecule has 0 spiro atoms. The molecule has 2 rings (SSSR count). The molecule has 0 saturated heterocycles. The third-order valence-electron chi connectivity index (χ3n) is 2.32. The van der Waals surface area contributed by atoms with Gasteiger partial charge in [0.1, 0.15) is 0 Å². The molecule has 0 aliphatic heterocycles. The van der Waals surface area contributed by atoms with Gasteiger partial charge in [-0.15, -0.1) is 11.3 Å². The van der Waals surface area contributed by atoms with E-state index in [1.54, 1.807) is 11.3 Å². The van der Waals surface area contributed by atoms with Crippen LogP contribution in [0.1, 0.15) is 23.5 Å². The summed E-state index contributed by atoms with van der Waals surface area (Å²) >= 11 is 1.66. The molecule has 3 heteroatoms. The number of hydrogen-bond acceptors (Lipinski definition) is 3. The van der Waals surface area contributed by atoms with Gasteiger partial charge in [0.15, 0.2) is 0 Å². The van der Waals surface area contributed by atoms with Gasteiger partial charge in [-0.2, -0.15) is 0 Å². The van der Waals surface area contributed by atoms with E-state index in [1.807, 2.05) is 6.92 Å². The predicted octanol–water partition coefficient (Wildman–Crippen LogP) is 1.48. The van der Waals surface area contributed by atoms with Crippen molar-refractivity contribution >= 4 is 11.3 Å². The van der Waals surface area contributed by atoms with Crippen molar-refractivity contribution in [2.75, 3.05) is 6.61 Å². The lowest BCUT2D eigenvalue weighted by Crippen LogP contribution is -2.11. The minimum Gasteiger partial charge on any atom is -0.395 e. The zero-order valence-electron chi connectivity index (χ0n) is 6.50. The Bertz CT molecular complexity index is 265. The zero-order valence-corrected chi connectivity index (χ0v) is 7.32. The standard InChI is InChI=1S/C8H11NOS/c1-6-9-7(4-11-6)8(5-10)2-3-8/h4,10H,2-3,5H2,1H3. The highest BCUT2D eigenvalue weighted by Crippen LogP contribution is 2.47. The summed E-state index contributed by atoms with van der Waals surface area (Å²) in [5.41, 5.74) is 1.16. The SMILES string of the molecule is Cc1nc(C2(CO)CC2)cs1. The molecule has 1 N–H and O–H groups in total. The molecule has 1 aliphatic rings. The summed E-state index contributed by atoms with van der Waals surface area (Å²) in [6, 6.07) is 0. The summed E-state index contributed by atoms with van der Waals surface area (Å²) in [4.78, 5) is 4.37. The summed E-state index contributed by atoms with van der Waals surface area (Å²) in [6.07, 6.45) is 2.21. The Labute approximate surface area is 69.9 Å². The molecule has 0 bridgehead atoms. The van der Waals surface area contributed by atoms with Crippen LogP contribution in [0.2, 0.25) is 0 Å². The van der Waals surface area contributed by atoms with Crippen molar-refractivity contribution in [3.05, 3.63) is 16.1 Å². The summed E-state index contributed by atoms with van der Waals surface area (Å²) in [6.45, 7) is 2.26. The number of aliphatic hydroxyl groups is 1. The van der Waals surface area contributed by atoms with Crippen molar-refractivity contribution < 1.29 is 5.11 Å². The van der Waals surface area contributed by atoms with Crippen molar-refractivity contribution in [3.63, 3.8) is 0 Å². The van der Waals surface area contributed by atoms with Crippen molar-refractivity contribution in [1.82, 2.24) is 4.98 Å². The first-order chi connectivity index (χ1) is 5.27. The van der Waals surface area contributed by atoms with Crippen LogP contribution < -0.4 is 0 Å². The van der Waals surface area contributed by atoms with Gasteiger partial charge in [-0.25, -0.2) is 4.98 Å². The van der Waals surface area contributed by atoms with E-state index in [0.717, 1.165) is 23.5 Å². The highest BCUT2D eigenvalue weighted by atomic mass is 32.1. The first-order valence-corrected chi connectivity index (χ1v) is 4.68. The molecule has 0 atom stereocenters. The van der Waals surface area contributed by atoms with E-state index in [4.69, 9.17) is 5.11 Å². The molecular formula is C8H11NOS. The van der Waals surface area contributed by atoms with Gasteiger partial charge in [-0.1, -0.05) is 0 Å². The summed E-state index contributed by atoms with van der Waals surface area (Å²) in [7, 11) is 0. The molecule has 1 saturated carbocycles. The second kappa shape index (κ2) is 2.29. The molecule has 1 fully saturated rings. The summed E-state index contributed by atoms with van der Waals surface area (Å²) in [5.74, 6) is 0. The monoisotopic (exact) mass is 169 g/mol. The van der Waals surface area contributed by atoms with Gasteiger partial charge in [0.25, 0.3) is 0 Å². The van der Waals surface area contributed by atoms with E-state index in [9.17, 15) is 0 Å². The van der Waals surface area contributed by atoms with Crippen LogP contribution >= 0.6 is 11.3 Å². The highest BCUT2D eigenvalue weighted by molar-refractivity contribution is 7.09. The molecule has 0 amide bonds. The summed E-state index contributed by atoms with van der Waals surface area (Å²) in [5, 5.41) is 12.2. The van der Waals surface area contributed by atoms with Crippen LogP contribution in [0.3, 0.4) is 0 Å². The Morgan fingerprint density at radius 2 is 2.45 bits per heavy atom. The fourth-order valence-corrected chi connectivity index (χ4v) is 1.99. The molecular weight excluding hydrogens is 158 g/mol. The molecule has 0 unspecified atom stereocenters. The largest absolute Gasteiger partial charge is 0.395 e. The van der Waals surface area contributed by atoms with Crippen molar-refractivity contribution in [3.8, 4) is 0 Å².